The fourth-order valence-corrected chi connectivity index (χ4v) is 4.46. The maximum atomic E-state index is 13.0. The Kier molecular flexibility index (Phi) is 5.82. The Labute approximate surface area is 178 Å². The highest BCUT2D eigenvalue weighted by molar-refractivity contribution is 7.19. The van der Waals surface area contributed by atoms with Gasteiger partial charge in [-0.3, -0.25) is 9.78 Å². The van der Waals surface area contributed by atoms with Crippen molar-refractivity contribution in [3.8, 4) is 16.3 Å². The van der Waals surface area contributed by atoms with Gasteiger partial charge in [0.15, 0.2) is 5.69 Å². The minimum Gasteiger partial charge on any atom is -0.496 e. The number of amides is 1. The first-order chi connectivity index (χ1) is 14.6. The third-order valence-corrected chi connectivity index (χ3v) is 5.97. The molecule has 3 aromatic rings. The predicted molar refractivity (Wildman–Crippen MR) is 120 cm³/mol. The molecule has 1 atom stereocenters. The number of thiazole rings is 1. The summed E-state index contributed by atoms with van der Waals surface area (Å²) in [5.41, 5.74) is 14.7. The maximum absolute atomic E-state index is 13.0. The van der Waals surface area contributed by atoms with Crippen molar-refractivity contribution >= 4 is 33.6 Å². The number of para-hydroxylation sites is 1. The van der Waals surface area contributed by atoms with Crippen molar-refractivity contribution in [2.24, 2.45) is 5.73 Å². The molecular weight excluding hydrogens is 400 g/mol. The molecule has 9 heteroatoms. The number of benzene rings is 1. The van der Waals surface area contributed by atoms with Gasteiger partial charge in [0, 0.05) is 25.3 Å². The Morgan fingerprint density at radius 1 is 1.33 bits per heavy atom. The summed E-state index contributed by atoms with van der Waals surface area (Å²) in [6.07, 6.45) is 5.36. The summed E-state index contributed by atoms with van der Waals surface area (Å²) in [7, 11) is 1.60. The molecule has 1 saturated heterocycles. The summed E-state index contributed by atoms with van der Waals surface area (Å²) in [6, 6.07) is 9.51. The smallest absolute Gasteiger partial charge is 0.277 e. The van der Waals surface area contributed by atoms with Crippen LogP contribution in [0.3, 0.4) is 0 Å². The summed E-state index contributed by atoms with van der Waals surface area (Å²) < 4.78 is 5.40. The number of anilines is 3. The zero-order valence-corrected chi connectivity index (χ0v) is 17.5. The lowest BCUT2D eigenvalue weighted by Crippen LogP contribution is -2.43. The monoisotopic (exact) mass is 424 g/mol. The number of hydrogen-bond acceptors (Lipinski definition) is 8. The molecule has 3 heterocycles. The molecule has 1 aromatic carbocycles. The van der Waals surface area contributed by atoms with Crippen LogP contribution in [0.15, 0.2) is 42.7 Å². The van der Waals surface area contributed by atoms with E-state index in [1.54, 1.807) is 19.5 Å². The van der Waals surface area contributed by atoms with Crippen LogP contribution >= 0.6 is 11.3 Å². The molecular formula is C21H24N6O2S. The van der Waals surface area contributed by atoms with Gasteiger partial charge in [0.05, 0.1) is 30.2 Å². The molecule has 156 valence electrons. The van der Waals surface area contributed by atoms with E-state index in [0.717, 1.165) is 37.2 Å². The molecule has 0 spiro atoms. The largest absolute Gasteiger partial charge is 0.496 e. The van der Waals surface area contributed by atoms with E-state index in [2.05, 4.69) is 20.2 Å². The predicted octanol–water partition coefficient (Wildman–Crippen LogP) is 2.98. The van der Waals surface area contributed by atoms with E-state index in [-0.39, 0.29) is 17.6 Å². The van der Waals surface area contributed by atoms with Crippen molar-refractivity contribution in [1.29, 1.82) is 0 Å². The van der Waals surface area contributed by atoms with Crippen molar-refractivity contribution in [3.05, 3.63) is 48.4 Å². The second-order valence-corrected chi connectivity index (χ2v) is 8.16. The van der Waals surface area contributed by atoms with Gasteiger partial charge in [-0.05, 0) is 31.0 Å². The van der Waals surface area contributed by atoms with E-state index in [1.165, 1.54) is 11.3 Å². The molecule has 0 bridgehead atoms. The minimum atomic E-state index is -0.375. The number of ether oxygens (including phenoxy) is 1. The molecule has 5 N–H and O–H groups in total. The molecule has 4 rings (SSSR count). The van der Waals surface area contributed by atoms with Crippen molar-refractivity contribution in [3.63, 3.8) is 0 Å². The molecule has 1 amide bonds. The quantitative estimate of drug-likeness (QED) is 0.576. The zero-order chi connectivity index (χ0) is 21.1. The number of aromatic nitrogens is 2. The van der Waals surface area contributed by atoms with E-state index in [4.69, 9.17) is 16.2 Å². The van der Waals surface area contributed by atoms with E-state index in [9.17, 15) is 4.79 Å². The molecule has 1 fully saturated rings. The minimum absolute atomic E-state index is 0.119. The van der Waals surface area contributed by atoms with Crippen molar-refractivity contribution in [2.75, 3.05) is 36.1 Å². The van der Waals surface area contributed by atoms with Crippen molar-refractivity contribution in [2.45, 2.75) is 18.9 Å². The number of pyridine rings is 1. The zero-order valence-electron chi connectivity index (χ0n) is 16.7. The fraction of sp³-hybridized carbons (Fsp3) is 0.286. The Hall–Kier alpha value is -3.17. The number of nitrogen functional groups attached to an aromatic ring is 1. The summed E-state index contributed by atoms with van der Waals surface area (Å²) >= 11 is 1.25. The fourth-order valence-electron chi connectivity index (χ4n) is 3.60. The second kappa shape index (κ2) is 8.68. The third-order valence-electron chi connectivity index (χ3n) is 5.05. The van der Waals surface area contributed by atoms with Crippen LogP contribution in [-0.4, -0.2) is 42.1 Å². The number of rotatable bonds is 5. The van der Waals surface area contributed by atoms with Crippen LogP contribution in [0.4, 0.5) is 16.4 Å². The van der Waals surface area contributed by atoms with E-state index < -0.39 is 0 Å². The summed E-state index contributed by atoms with van der Waals surface area (Å²) in [5, 5.41) is 3.90. The molecule has 0 aliphatic carbocycles. The molecule has 2 aromatic heterocycles. The van der Waals surface area contributed by atoms with E-state index in [1.807, 2.05) is 30.3 Å². The molecule has 1 aliphatic heterocycles. The molecule has 8 nitrogen and oxygen atoms in total. The lowest BCUT2D eigenvalue weighted by Gasteiger charge is -2.33. The number of carbonyl (C=O) groups excluding carboxylic acids is 1. The van der Waals surface area contributed by atoms with Gasteiger partial charge in [0.25, 0.3) is 5.91 Å². The number of piperidine rings is 1. The van der Waals surface area contributed by atoms with Gasteiger partial charge < -0.3 is 26.4 Å². The van der Waals surface area contributed by atoms with Crippen molar-refractivity contribution in [1.82, 2.24) is 9.97 Å². The summed E-state index contributed by atoms with van der Waals surface area (Å²) in [5.74, 6) is 0.301. The lowest BCUT2D eigenvalue weighted by atomic mass is 10.1. The SMILES string of the molecule is COc1ccccc1-c1nc(C(=O)Nc2cnccc2N2CCCC(N)C2)c(N)s1. The van der Waals surface area contributed by atoms with Crippen LogP contribution < -0.4 is 26.4 Å². The first-order valence-corrected chi connectivity index (χ1v) is 10.5. The van der Waals surface area contributed by atoms with Crippen molar-refractivity contribution < 1.29 is 9.53 Å². The molecule has 1 aliphatic rings. The van der Waals surface area contributed by atoms with Gasteiger partial charge in [0.2, 0.25) is 0 Å². The average molecular weight is 425 g/mol. The van der Waals surface area contributed by atoms with Gasteiger partial charge in [-0.2, -0.15) is 0 Å². The van der Waals surface area contributed by atoms with Crippen LogP contribution in [-0.2, 0) is 0 Å². The van der Waals surface area contributed by atoms with Gasteiger partial charge in [-0.15, -0.1) is 0 Å². The number of nitrogens with zero attached hydrogens (tertiary/aromatic N) is 3. The molecule has 0 radical (unpaired) electrons. The van der Waals surface area contributed by atoms with Crippen LogP contribution in [0.2, 0.25) is 0 Å². The number of nitrogens with one attached hydrogen (secondary N) is 1. The highest BCUT2D eigenvalue weighted by atomic mass is 32.1. The van der Waals surface area contributed by atoms with E-state index in [0.29, 0.717) is 21.4 Å². The molecule has 1 unspecified atom stereocenters. The number of hydrogen-bond donors (Lipinski definition) is 3. The number of methoxy groups -OCH3 is 1. The Morgan fingerprint density at radius 2 is 2.17 bits per heavy atom. The lowest BCUT2D eigenvalue weighted by molar-refractivity contribution is 0.102. The van der Waals surface area contributed by atoms with E-state index >= 15 is 0 Å². The standard InChI is InChI=1S/C21H24N6O2S/c1-29-17-7-3-2-6-14(17)21-26-18(19(23)30-21)20(28)25-15-11-24-9-8-16(15)27-10-4-5-13(22)12-27/h2-3,6-9,11,13H,4-5,10,12,22-23H2,1H3,(H,25,28). The van der Waals surface area contributed by atoms with Gasteiger partial charge in [0.1, 0.15) is 15.8 Å². The Morgan fingerprint density at radius 3 is 2.97 bits per heavy atom. The highest BCUT2D eigenvalue weighted by Gasteiger charge is 2.23. The second-order valence-electron chi connectivity index (χ2n) is 7.13. The van der Waals surface area contributed by atoms with Gasteiger partial charge in [-0.1, -0.05) is 23.5 Å². The van der Waals surface area contributed by atoms with Gasteiger partial charge >= 0.3 is 0 Å². The maximum Gasteiger partial charge on any atom is 0.277 e. The topological polar surface area (TPSA) is 119 Å². The van der Waals surface area contributed by atoms with Gasteiger partial charge in [-0.25, -0.2) is 4.98 Å². The average Bonchev–Trinajstić information content (AvgIpc) is 3.15. The first kappa shape index (κ1) is 20.1. The third kappa shape index (κ3) is 4.07. The number of nitrogens with two attached hydrogens (primary N) is 2. The van der Waals surface area contributed by atoms with Crippen LogP contribution in [0.5, 0.6) is 5.75 Å². The first-order valence-electron chi connectivity index (χ1n) is 9.72. The Bertz CT molecular complexity index is 1050. The summed E-state index contributed by atoms with van der Waals surface area (Å²) in [6.45, 7) is 1.63. The number of carbonyl (C=O) groups is 1. The summed E-state index contributed by atoms with van der Waals surface area (Å²) in [4.78, 5) is 23.8. The normalized spacial score (nSPS) is 16.3. The van der Waals surface area contributed by atoms with Crippen LogP contribution in [0.1, 0.15) is 23.3 Å². The Balaban J connectivity index is 1.59. The molecule has 0 saturated carbocycles. The van der Waals surface area contributed by atoms with Crippen LogP contribution in [0.25, 0.3) is 10.6 Å². The highest BCUT2D eigenvalue weighted by Crippen LogP contribution is 2.36. The molecule has 30 heavy (non-hydrogen) atoms. The van der Waals surface area contributed by atoms with Crippen LogP contribution in [0, 0.1) is 0 Å².